The van der Waals surface area contributed by atoms with Crippen molar-refractivity contribution < 1.29 is 0 Å². The molecule has 0 saturated heterocycles. The molecule has 2 nitrogen and oxygen atoms in total. The van der Waals surface area contributed by atoms with E-state index in [-0.39, 0.29) is 10.8 Å². The highest BCUT2D eigenvalue weighted by Gasteiger charge is 2.39. The molecule has 0 bridgehead atoms. The Morgan fingerprint density at radius 2 is 1.12 bits per heavy atom. The number of nitrogens with zero attached hydrogens (tertiary/aromatic N) is 2. The lowest BCUT2D eigenvalue weighted by Crippen LogP contribution is -2.37. The Morgan fingerprint density at radius 1 is 0.517 bits per heavy atom. The molecular weight excluding hydrogens is 741 g/mol. The molecule has 0 amide bonds. The van der Waals surface area contributed by atoms with Gasteiger partial charge in [0.15, 0.2) is 0 Å². The zero-order valence-electron chi connectivity index (χ0n) is 36.7. The second-order valence-electron chi connectivity index (χ2n) is 18.7. The predicted octanol–water partition coefficient (Wildman–Crippen LogP) is 16.3. The SMILES string of the molecule is CCCC(C)(CC)c1cccc(N(c2cccc3ccccc23)c2cc3c(c4ccccc24)-c2ccc(N(c4ccccc4)c4ccc([Si](C)(C)C)cc4)cc2C3(C)C)c1. The number of benzene rings is 8. The number of anilines is 6. The van der Waals surface area contributed by atoms with Crippen molar-refractivity contribution in [2.24, 2.45) is 0 Å². The second-order valence-corrected chi connectivity index (χ2v) is 23.8. The predicted molar refractivity (Wildman–Crippen MR) is 264 cm³/mol. The summed E-state index contributed by atoms with van der Waals surface area (Å²) in [4.78, 5) is 4.98. The first-order valence-corrected chi connectivity index (χ1v) is 25.5. The number of rotatable bonds is 11. The molecule has 1 aliphatic carbocycles. The summed E-state index contributed by atoms with van der Waals surface area (Å²) in [6.07, 6.45) is 3.41. The van der Waals surface area contributed by atoms with Crippen molar-refractivity contribution in [3.05, 3.63) is 187 Å². The molecule has 1 aliphatic rings. The molecule has 0 aliphatic heterocycles. The molecule has 300 valence electrons. The molecule has 1 atom stereocenters. The van der Waals surface area contributed by atoms with Crippen LogP contribution >= 0.6 is 0 Å². The van der Waals surface area contributed by atoms with Gasteiger partial charge < -0.3 is 9.80 Å². The van der Waals surface area contributed by atoms with Crippen molar-refractivity contribution >= 4 is 68.9 Å². The van der Waals surface area contributed by atoms with E-state index in [1.165, 1.54) is 83.0 Å². The van der Waals surface area contributed by atoms with E-state index in [9.17, 15) is 0 Å². The third kappa shape index (κ3) is 6.74. The average Bonchev–Trinajstić information content (AvgIpc) is 3.49. The molecule has 0 fully saturated rings. The molecule has 0 aromatic heterocycles. The Labute approximate surface area is 359 Å². The first kappa shape index (κ1) is 39.6. The standard InChI is InChI=1S/C57H58N2Si/c1-9-36-57(5,10-2)41-22-19-25-44(37-41)59(53-29-18-21-40-20-14-15-26-47(40)53)54-39-52-55(49-28-17-16-27-48(49)54)50-35-32-45(38-51(50)56(52,3)4)58(42-23-12-11-13-24-42)43-30-33-46(34-31-43)60(6,7)8/h11-35,37-39H,9-10,36H2,1-8H3. The van der Waals surface area contributed by atoms with Gasteiger partial charge in [-0.2, -0.15) is 0 Å². The van der Waals surface area contributed by atoms with E-state index in [0.717, 1.165) is 24.9 Å². The van der Waals surface area contributed by atoms with Crippen molar-refractivity contribution in [1.82, 2.24) is 0 Å². The van der Waals surface area contributed by atoms with E-state index in [0.29, 0.717) is 0 Å². The summed E-state index contributed by atoms with van der Waals surface area (Å²) in [6, 6.07) is 64.0. The minimum absolute atomic E-state index is 0.0977. The Morgan fingerprint density at radius 3 is 1.83 bits per heavy atom. The van der Waals surface area contributed by atoms with Crippen LogP contribution in [0.4, 0.5) is 34.1 Å². The third-order valence-corrected chi connectivity index (χ3v) is 15.6. The maximum atomic E-state index is 2.56. The van der Waals surface area contributed by atoms with Crippen LogP contribution in [0.1, 0.15) is 70.6 Å². The molecule has 0 saturated carbocycles. The van der Waals surface area contributed by atoms with Gasteiger partial charge in [0, 0.05) is 38.9 Å². The lowest BCUT2D eigenvalue weighted by molar-refractivity contribution is 0.414. The molecule has 0 heterocycles. The number of para-hydroxylation sites is 1. The minimum Gasteiger partial charge on any atom is -0.310 e. The highest BCUT2D eigenvalue weighted by Crippen LogP contribution is 2.56. The molecule has 0 N–H and O–H groups in total. The fourth-order valence-corrected chi connectivity index (χ4v) is 11.1. The largest absolute Gasteiger partial charge is 0.310 e. The van der Waals surface area contributed by atoms with Gasteiger partial charge in [0.1, 0.15) is 0 Å². The Bertz CT molecular complexity index is 2840. The van der Waals surface area contributed by atoms with E-state index >= 15 is 0 Å². The zero-order valence-corrected chi connectivity index (χ0v) is 37.7. The first-order chi connectivity index (χ1) is 28.9. The lowest BCUT2D eigenvalue weighted by Gasteiger charge is -2.33. The van der Waals surface area contributed by atoms with Crippen LogP contribution in [0.3, 0.4) is 0 Å². The molecule has 8 aromatic carbocycles. The zero-order chi connectivity index (χ0) is 41.8. The highest BCUT2D eigenvalue weighted by molar-refractivity contribution is 6.88. The van der Waals surface area contributed by atoms with E-state index in [1.54, 1.807) is 0 Å². The Balaban J connectivity index is 1.25. The summed E-state index contributed by atoms with van der Waals surface area (Å²) in [6.45, 7) is 19.2. The van der Waals surface area contributed by atoms with E-state index in [4.69, 9.17) is 0 Å². The van der Waals surface area contributed by atoms with Crippen molar-refractivity contribution in [1.29, 1.82) is 0 Å². The Hall–Kier alpha value is -5.90. The van der Waals surface area contributed by atoms with Gasteiger partial charge in [-0.05, 0) is 118 Å². The van der Waals surface area contributed by atoms with Crippen molar-refractivity contribution in [2.75, 3.05) is 9.80 Å². The summed E-state index contributed by atoms with van der Waals surface area (Å²) in [5.74, 6) is 0. The van der Waals surface area contributed by atoms with E-state index in [2.05, 4.69) is 234 Å². The lowest BCUT2D eigenvalue weighted by atomic mass is 9.76. The summed E-state index contributed by atoms with van der Waals surface area (Å²) in [5.41, 5.74) is 13.7. The highest BCUT2D eigenvalue weighted by atomic mass is 28.3. The maximum Gasteiger partial charge on any atom is 0.0775 e. The first-order valence-electron chi connectivity index (χ1n) is 22.0. The molecule has 60 heavy (non-hydrogen) atoms. The molecule has 8 aromatic rings. The average molecular weight is 799 g/mol. The van der Waals surface area contributed by atoms with Crippen LogP contribution in [0.15, 0.2) is 170 Å². The smallest absolute Gasteiger partial charge is 0.0775 e. The summed E-state index contributed by atoms with van der Waals surface area (Å²) in [7, 11) is -1.45. The van der Waals surface area contributed by atoms with Crippen LogP contribution in [-0.4, -0.2) is 8.07 Å². The molecule has 9 rings (SSSR count). The summed E-state index contributed by atoms with van der Waals surface area (Å²) < 4.78 is 0. The van der Waals surface area contributed by atoms with Crippen LogP contribution in [0.25, 0.3) is 32.7 Å². The van der Waals surface area contributed by atoms with E-state index < -0.39 is 8.07 Å². The van der Waals surface area contributed by atoms with Crippen LogP contribution in [0.5, 0.6) is 0 Å². The van der Waals surface area contributed by atoms with Crippen LogP contribution in [-0.2, 0) is 10.8 Å². The number of fused-ring (bicyclic) bond motifs is 6. The normalized spacial score (nSPS) is 14.1. The van der Waals surface area contributed by atoms with Crippen LogP contribution in [0, 0.1) is 0 Å². The van der Waals surface area contributed by atoms with Gasteiger partial charge in [-0.15, -0.1) is 0 Å². The van der Waals surface area contributed by atoms with Crippen LogP contribution < -0.4 is 15.0 Å². The maximum absolute atomic E-state index is 2.56. The quantitative estimate of drug-likeness (QED) is 0.120. The van der Waals surface area contributed by atoms with Gasteiger partial charge >= 0.3 is 0 Å². The second kappa shape index (κ2) is 15.3. The summed E-state index contributed by atoms with van der Waals surface area (Å²) >= 11 is 0. The van der Waals surface area contributed by atoms with Gasteiger partial charge in [0.25, 0.3) is 0 Å². The third-order valence-electron chi connectivity index (χ3n) is 13.5. The molecule has 0 spiro atoms. The van der Waals surface area contributed by atoms with E-state index in [1.807, 2.05) is 0 Å². The molecule has 0 radical (unpaired) electrons. The molecule has 3 heteroatoms. The van der Waals surface area contributed by atoms with Crippen LogP contribution in [0.2, 0.25) is 19.6 Å². The summed E-state index contributed by atoms with van der Waals surface area (Å²) in [5, 5.41) is 6.49. The van der Waals surface area contributed by atoms with Gasteiger partial charge in [-0.25, -0.2) is 0 Å². The Kier molecular flexibility index (Phi) is 10.1. The topological polar surface area (TPSA) is 6.48 Å². The van der Waals surface area contributed by atoms with Crippen molar-refractivity contribution in [2.45, 2.75) is 84.4 Å². The number of hydrogen-bond acceptors (Lipinski definition) is 2. The monoisotopic (exact) mass is 798 g/mol. The molecule has 1 unspecified atom stereocenters. The molecular formula is C57H58N2Si. The van der Waals surface area contributed by atoms with Crippen molar-refractivity contribution in [3.8, 4) is 11.1 Å². The van der Waals surface area contributed by atoms with Gasteiger partial charge in [-0.1, -0.05) is 175 Å². The van der Waals surface area contributed by atoms with Gasteiger partial charge in [-0.3, -0.25) is 0 Å². The van der Waals surface area contributed by atoms with Gasteiger partial charge in [0.05, 0.1) is 19.4 Å². The van der Waals surface area contributed by atoms with Gasteiger partial charge in [0.2, 0.25) is 0 Å². The van der Waals surface area contributed by atoms with Crippen molar-refractivity contribution in [3.63, 3.8) is 0 Å². The minimum atomic E-state index is -1.45. The fourth-order valence-electron chi connectivity index (χ4n) is 9.92. The number of hydrogen-bond donors (Lipinski definition) is 0. The fraction of sp³-hybridized carbons (Fsp3) is 0.228.